The van der Waals surface area contributed by atoms with Crippen molar-refractivity contribution in [3.05, 3.63) is 72.8 Å². The summed E-state index contributed by atoms with van der Waals surface area (Å²) in [6.45, 7) is 7.25. The van der Waals surface area contributed by atoms with Crippen LogP contribution in [-0.2, 0) is 6.54 Å². The first-order valence-electron chi connectivity index (χ1n) is 10.1. The molecule has 0 radical (unpaired) electrons. The molecule has 0 spiro atoms. The zero-order valence-corrected chi connectivity index (χ0v) is 19.5. The molecule has 2 aromatic carbocycles. The molecule has 1 fully saturated rings. The highest BCUT2D eigenvalue weighted by molar-refractivity contribution is 14.0. The van der Waals surface area contributed by atoms with Crippen LogP contribution >= 0.6 is 24.0 Å². The first-order chi connectivity index (χ1) is 14.3. The summed E-state index contributed by atoms with van der Waals surface area (Å²) in [7, 11) is 0. The number of guanidine groups is 1. The first-order valence-corrected chi connectivity index (χ1v) is 10.1. The molecular weight excluding hydrogens is 489 g/mol. The number of nitrogens with zero attached hydrogens (tertiary/aromatic N) is 6. The van der Waals surface area contributed by atoms with E-state index in [1.165, 1.54) is 5.69 Å². The van der Waals surface area contributed by atoms with Crippen molar-refractivity contribution in [3.63, 3.8) is 0 Å². The lowest BCUT2D eigenvalue weighted by atomic mass is 10.2. The van der Waals surface area contributed by atoms with Gasteiger partial charge in [0.1, 0.15) is 12.9 Å². The molecule has 1 saturated heterocycles. The molecule has 0 unspecified atom stereocenters. The highest BCUT2D eigenvalue weighted by Gasteiger charge is 2.20. The summed E-state index contributed by atoms with van der Waals surface area (Å²) in [4.78, 5) is 9.60. The van der Waals surface area contributed by atoms with Crippen molar-refractivity contribution >= 4 is 35.6 Å². The van der Waals surface area contributed by atoms with Crippen molar-refractivity contribution in [2.24, 2.45) is 4.99 Å². The zero-order chi connectivity index (χ0) is 19.9. The molecule has 158 valence electrons. The smallest absolute Gasteiger partial charge is 0.194 e. The van der Waals surface area contributed by atoms with Gasteiger partial charge in [-0.2, -0.15) is 0 Å². The van der Waals surface area contributed by atoms with Crippen molar-refractivity contribution in [2.45, 2.75) is 13.5 Å². The molecule has 30 heavy (non-hydrogen) atoms. The van der Waals surface area contributed by atoms with E-state index in [2.05, 4.69) is 62.6 Å². The van der Waals surface area contributed by atoms with Crippen LogP contribution in [0, 0.1) is 0 Å². The second-order valence-corrected chi connectivity index (χ2v) is 6.93. The number of para-hydroxylation sites is 2. The van der Waals surface area contributed by atoms with Crippen LogP contribution in [0.25, 0.3) is 5.69 Å². The van der Waals surface area contributed by atoms with Gasteiger partial charge < -0.3 is 15.1 Å². The lowest BCUT2D eigenvalue weighted by Gasteiger charge is -2.37. The van der Waals surface area contributed by atoms with Crippen molar-refractivity contribution < 1.29 is 0 Å². The van der Waals surface area contributed by atoms with Gasteiger partial charge in [0.15, 0.2) is 11.8 Å². The molecule has 1 aliphatic rings. The fourth-order valence-corrected chi connectivity index (χ4v) is 3.56. The van der Waals surface area contributed by atoms with Crippen LogP contribution in [0.15, 0.2) is 72.0 Å². The van der Waals surface area contributed by atoms with E-state index in [1.54, 1.807) is 6.33 Å². The Morgan fingerprint density at radius 2 is 1.57 bits per heavy atom. The summed E-state index contributed by atoms with van der Waals surface area (Å²) >= 11 is 0. The number of halogens is 1. The highest BCUT2D eigenvalue weighted by atomic mass is 127. The van der Waals surface area contributed by atoms with Crippen LogP contribution in [0.4, 0.5) is 5.69 Å². The van der Waals surface area contributed by atoms with Crippen molar-refractivity contribution in [3.8, 4) is 5.69 Å². The lowest BCUT2D eigenvalue weighted by Crippen LogP contribution is -2.52. The van der Waals surface area contributed by atoms with E-state index in [0.29, 0.717) is 6.54 Å². The van der Waals surface area contributed by atoms with Gasteiger partial charge in [-0.3, -0.25) is 4.57 Å². The molecule has 0 aliphatic carbocycles. The number of hydrogen-bond donors (Lipinski definition) is 1. The maximum absolute atomic E-state index is 4.85. The molecule has 1 N–H and O–H groups in total. The number of hydrogen-bond acceptors (Lipinski definition) is 4. The minimum Gasteiger partial charge on any atom is -0.368 e. The van der Waals surface area contributed by atoms with E-state index >= 15 is 0 Å². The summed E-state index contributed by atoms with van der Waals surface area (Å²) in [5, 5.41) is 11.8. The summed E-state index contributed by atoms with van der Waals surface area (Å²) < 4.78 is 1.99. The quantitative estimate of drug-likeness (QED) is 0.320. The second-order valence-electron chi connectivity index (χ2n) is 6.93. The van der Waals surface area contributed by atoms with Gasteiger partial charge in [-0.05, 0) is 31.2 Å². The third-order valence-corrected chi connectivity index (χ3v) is 5.06. The lowest BCUT2D eigenvalue weighted by molar-refractivity contribution is 0.372. The minimum absolute atomic E-state index is 0. The van der Waals surface area contributed by atoms with E-state index in [4.69, 9.17) is 4.99 Å². The molecule has 7 nitrogen and oxygen atoms in total. The van der Waals surface area contributed by atoms with E-state index in [1.807, 2.05) is 34.9 Å². The summed E-state index contributed by atoms with van der Waals surface area (Å²) in [5.41, 5.74) is 2.33. The molecule has 0 bridgehead atoms. The fraction of sp³-hybridized carbons (Fsp3) is 0.318. The average molecular weight is 517 g/mol. The molecular formula is C22H28IN7. The number of anilines is 1. The molecule has 1 aliphatic heterocycles. The molecule has 8 heteroatoms. The normalized spacial score (nSPS) is 14.4. The van der Waals surface area contributed by atoms with Gasteiger partial charge in [0.2, 0.25) is 0 Å². The van der Waals surface area contributed by atoms with Gasteiger partial charge in [-0.15, -0.1) is 34.2 Å². The molecule has 0 atom stereocenters. The maximum atomic E-state index is 4.85. The predicted octanol–water partition coefficient (Wildman–Crippen LogP) is 3.17. The van der Waals surface area contributed by atoms with Gasteiger partial charge in [-0.1, -0.05) is 36.4 Å². The molecule has 2 heterocycles. The van der Waals surface area contributed by atoms with Gasteiger partial charge in [-0.25, -0.2) is 4.99 Å². The van der Waals surface area contributed by atoms with Crippen LogP contribution in [-0.4, -0.2) is 58.3 Å². The summed E-state index contributed by atoms with van der Waals surface area (Å²) in [6, 6.07) is 20.7. The highest BCUT2D eigenvalue weighted by Crippen LogP contribution is 2.16. The SMILES string of the molecule is CCNC(=NCc1nncn1-c1ccccc1)N1CCN(c2ccccc2)CC1.I. The van der Waals surface area contributed by atoms with Crippen LogP contribution in [0.5, 0.6) is 0 Å². The Morgan fingerprint density at radius 3 is 2.20 bits per heavy atom. The van der Waals surface area contributed by atoms with Crippen molar-refractivity contribution in [1.82, 2.24) is 25.0 Å². The van der Waals surface area contributed by atoms with E-state index in [-0.39, 0.29) is 24.0 Å². The van der Waals surface area contributed by atoms with Crippen LogP contribution in [0.3, 0.4) is 0 Å². The van der Waals surface area contributed by atoms with Crippen LogP contribution in [0.1, 0.15) is 12.7 Å². The Hall–Kier alpha value is -2.62. The van der Waals surface area contributed by atoms with Crippen LogP contribution < -0.4 is 10.2 Å². The molecule has 0 saturated carbocycles. The molecule has 1 aromatic heterocycles. The molecule has 0 amide bonds. The Morgan fingerprint density at radius 1 is 0.933 bits per heavy atom. The van der Waals surface area contributed by atoms with Gasteiger partial charge in [0.25, 0.3) is 0 Å². The van der Waals surface area contributed by atoms with E-state index in [0.717, 1.165) is 50.2 Å². The number of aliphatic imine (C=N–C) groups is 1. The Labute approximate surface area is 194 Å². The summed E-state index contributed by atoms with van der Waals surface area (Å²) in [5.74, 6) is 1.76. The monoisotopic (exact) mass is 517 g/mol. The van der Waals surface area contributed by atoms with Gasteiger partial charge in [0.05, 0.1) is 0 Å². The second kappa shape index (κ2) is 11.0. The largest absolute Gasteiger partial charge is 0.368 e. The Kier molecular flexibility index (Phi) is 8.06. The molecule has 4 rings (SSSR count). The van der Waals surface area contributed by atoms with Gasteiger partial charge >= 0.3 is 0 Å². The first kappa shape index (κ1) is 22.1. The molecule has 3 aromatic rings. The average Bonchev–Trinajstić information content (AvgIpc) is 3.27. The van der Waals surface area contributed by atoms with Crippen molar-refractivity contribution in [2.75, 3.05) is 37.6 Å². The predicted molar refractivity (Wildman–Crippen MR) is 132 cm³/mol. The summed E-state index contributed by atoms with van der Waals surface area (Å²) in [6.07, 6.45) is 1.74. The fourth-order valence-electron chi connectivity index (χ4n) is 3.56. The Bertz CT molecular complexity index is 919. The zero-order valence-electron chi connectivity index (χ0n) is 17.2. The number of piperazine rings is 1. The van der Waals surface area contributed by atoms with Gasteiger partial charge in [0, 0.05) is 44.1 Å². The third-order valence-electron chi connectivity index (χ3n) is 5.06. The standard InChI is InChI=1S/C22H27N7.HI/c1-2-23-22(28-15-13-27(14-16-28)19-9-5-3-6-10-19)24-17-21-26-25-18-29(21)20-11-7-4-8-12-20;/h3-12,18H,2,13-17H2,1H3,(H,23,24);1H. The number of aromatic nitrogens is 3. The van der Waals surface area contributed by atoms with E-state index < -0.39 is 0 Å². The van der Waals surface area contributed by atoms with Crippen molar-refractivity contribution in [1.29, 1.82) is 0 Å². The minimum atomic E-state index is 0. The number of rotatable bonds is 5. The Balaban J connectivity index is 0.00000256. The topological polar surface area (TPSA) is 61.6 Å². The third kappa shape index (κ3) is 5.29. The number of benzene rings is 2. The maximum Gasteiger partial charge on any atom is 0.194 e. The van der Waals surface area contributed by atoms with Crippen LogP contribution in [0.2, 0.25) is 0 Å². The van der Waals surface area contributed by atoms with E-state index in [9.17, 15) is 0 Å². The number of nitrogens with one attached hydrogen (secondary N) is 1.